The first-order valence-electron chi connectivity index (χ1n) is 7.46. The molecule has 2 atom stereocenters. The molecule has 112 valence electrons. The number of ether oxygens (including phenoxy) is 1. The third-order valence-electron chi connectivity index (χ3n) is 4.47. The lowest BCUT2D eigenvalue weighted by atomic mass is 9.84. The van der Waals surface area contributed by atoms with Gasteiger partial charge in [-0.25, -0.2) is 0 Å². The maximum atomic E-state index is 5.49. The van der Waals surface area contributed by atoms with Gasteiger partial charge in [0.15, 0.2) is 0 Å². The first-order chi connectivity index (χ1) is 9.37. The molecule has 1 N–H and O–H groups in total. The van der Waals surface area contributed by atoms with E-state index in [-0.39, 0.29) is 17.2 Å². The van der Waals surface area contributed by atoms with Crippen molar-refractivity contribution in [3.63, 3.8) is 0 Å². The minimum atomic E-state index is 0.0174. The number of hydrogen-bond donors (Lipinski definition) is 1. The summed E-state index contributed by atoms with van der Waals surface area (Å²) in [4.78, 5) is 2.56. The van der Waals surface area contributed by atoms with E-state index >= 15 is 0 Å². The topological polar surface area (TPSA) is 24.5 Å². The molecular formula is C17H28N2O. The Bertz CT molecular complexity index is 432. The highest BCUT2D eigenvalue weighted by molar-refractivity contribution is 5.26. The fraction of sp³-hybridized carbons (Fsp3) is 0.647. The summed E-state index contributed by atoms with van der Waals surface area (Å²) in [5.74, 6) is 0. The third-order valence-corrected chi connectivity index (χ3v) is 4.47. The van der Waals surface area contributed by atoms with Crippen LogP contribution in [0.3, 0.4) is 0 Å². The molecule has 2 unspecified atom stereocenters. The van der Waals surface area contributed by atoms with Gasteiger partial charge in [0.05, 0.1) is 11.6 Å². The van der Waals surface area contributed by atoms with Crippen LogP contribution in [0.4, 0.5) is 0 Å². The predicted molar refractivity (Wildman–Crippen MR) is 83.9 cm³/mol. The van der Waals surface area contributed by atoms with Gasteiger partial charge in [-0.3, -0.25) is 4.90 Å². The van der Waals surface area contributed by atoms with E-state index in [1.54, 1.807) is 7.11 Å². The van der Waals surface area contributed by atoms with Crippen molar-refractivity contribution in [3.05, 3.63) is 35.9 Å². The largest absolute Gasteiger partial charge is 0.380 e. The van der Waals surface area contributed by atoms with Crippen LogP contribution in [0.15, 0.2) is 30.3 Å². The van der Waals surface area contributed by atoms with Crippen LogP contribution in [0.1, 0.15) is 33.3 Å². The Labute approximate surface area is 123 Å². The molecule has 0 aromatic heterocycles. The number of hydrogen-bond acceptors (Lipinski definition) is 3. The molecule has 1 aliphatic rings. The van der Waals surface area contributed by atoms with E-state index in [9.17, 15) is 0 Å². The van der Waals surface area contributed by atoms with Gasteiger partial charge in [0, 0.05) is 32.3 Å². The Balaban J connectivity index is 2.28. The summed E-state index contributed by atoms with van der Waals surface area (Å²) in [7, 11) is 1.79. The molecule has 1 fully saturated rings. The quantitative estimate of drug-likeness (QED) is 0.915. The number of nitrogens with one attached hydrogen (secondary N) is 1. The van der Waals surface area contributed by atoms with Gasteiger partial charge in [-0.2, -0.15) is 0 Å². The molecule has 20 heavy (non-hydrogen) atoms. The second-order valence-corrected chi connectivity index (χ2v) is 6.80. The molecule has 0 aliphatic carbocycles. The molecule has 2 rings (SSSR count). The highest BCUT2D eigenvalue weighted by Gasteiger charge is 2.42. The van der Waals surface area contributed by atoms with Gasteiger partial charge in [-0.05, 0) is 33.3 Å². The van der Waals surface area contributed by atoms with Gasteiger partial charge in [0.2, 0.25) is 0 Å². The van der Waals surface area contributed by atoms with E-state index in [4.69, 9.17) is 4.74 Å². The van der Waals surface area contributed by atoms with E-state index < -0.39 is 0 Å². The van der Waals surface area contributed by atoms with Gasteiger partial charge in [-0.1, -0.05) is 30.3 Å². The summed E-state index contributed by atoms with van der Waals surface area (Å²) in [6.45, 7) is 11.9. The molecule has 1 saturated heterocycles. The lowest BCUT2D eigenvalue weighted by Crippen LogP contribution is -2.66. The van der Waals surface area contributed by atoms with Crippen molar-refractivity contribution < 1.29 is 4.74 Å². The molecule has 0 saturated carbocycles. The standard InChI is InChI=1S/C17H28N2O/c1-14(20-5)11-19-13-16(2,3)18-12-17(19,4)15-9-7-6-8-10-15/h6-10,14,18H,11-13H2,1-5H3. The molecule has 1 aromatic carbocycles. The number of piperazine rings is 1. The van der Waals surface area contributed by atoms with Crippen LogP contribution in [0, 0.1) is 0 Å². The molecule has 0 radical (unpaired) electrons. The van der Waals surface area contributed by atoms with Crippen LogP contribution in [0.25, 0.3) is 0 Å². The lowest BCUT2D eigenvalue weighted by molar-refractivity contribution is -0.0173. The van der Waals surface area contributed by atoms with Crippen molar-refractivity contribution in [2.45, 2.75) is 44.9 Å². The zero-order chi connectivity index (χ0) is 14.8. The second kappa shape index (κ2) is 5.84. The van der Waals surface area contributed by atoms with Crippen molar-refractivity contribution in [3.8, 4) is 0 Å². The van der Waals surface area contributed by atoms with Crippen LogP contribution in [0.2, 0.25) is 0 Å². The normalized spacial score (nSPS) is 28.2. The molecule has 0 amide bonds. The summed E-state index contributed by atoms with van der Waals surface area (Å²) in [5, 5.41) is 3.69. The Kier molecular flexibility index (Phi) is 4.52. The molecule has 3 nitrogen and oxygen atoms in total. The van der Waals surface area contributed by atoms with Crippen molar-refractivity contribution in [2.24, 2.45) is 0 Å². The van der Waals surface area contributed by atoms with Crippen LogP contribution in [0.5, 0.6) is 0 Å². The highest BCUT2D eigenvalue weighted by Crippen LogP contribution is 2.33. The van der Waals surface area contributed by atoms with Crippen molar-refractivity contribution in [2.75, 3.05) is 26.7 Å². The molecule has 0 spiro atoms. The summed E-state index contributed by atoms with van der Waals surface area (Å²) < 4.78 is 5.49. The molecule has 1 aliphatic heterocycles. The van der Waals surface area contributed by atoms with Crippen LogP contribution < -0.4 is 5.32 Å². The predicted octanol–water partition coefficient (Wildman–Crippen LogP) is 2.62. The van der Waals surface area contributed by atoms with E-state index in [0.717, 1.165) is 19.6 Å². The summed E-state index contributed by atoms with van der Waals surface area (Å²) in [6.07, 6.45) is 0.243. The van der Waals surface area contributed by atoms with E-state index in [0.29, 0.717) is 0 Å². The van der Waals surface area contributed by atoms with E-state index in [1.807, 2.05) is 0 Å². The third kappa shape index (κ3) is 3.22. The number of rotatable bonds is 4. The van der Waals surface area contributed by atoms with Crippen molar-refractivity contribution >= 4 is 0 Å². The van der Waals surface area contributed by atoms with Crippen molar-refractivity contribution in [1.29, 1.82) is 0 Å². The van der Waals surface area contributed by atoms with Crippen LogP contribution in [-0.2, 0) is 10.3 Å². The summed E-state index contributed by atoms with van der Waals surface area (Å²) in [6, 6.07) is 10.8. The van der Waals surface area contributed by atoms with Gasteiger partial charge in [0.25, 0.3) is 0 Å². The summed E-state index contributed by atoms with van der Waals surface area (Å²) >= 11 is 0. The summed E-state index contributed by atoms with van der Waals surface area (Å²) in [5.41, 5.74) is 1.53. The van der Waals surface area contributed by atoms with Crippen LogP contribution in [-0.4, -0.2) is 43.3 Å². The second-order valence-electron chi connectivity index (χ2n) is 6.80. The minimum absolute atomic E-state index is 0.0174. The molecule has 1 heterocycles. The van der Waals surface area contributed by atoms with E-state index in [1.165, 1.54) is 5.56 Å². The Morgan fingerprint density at radius 2 is 1.90 bits per heavy atom. The van der Waals surface area contributed by atoms with Gasteiger partial charge < -0.3 is 10.1 Å². The van der Waals surface area contributed by atoms with Crippen molar-refractivity contribution in [1.82, 2.24) is 10.2 Å². The molecule has 0 bridgehead atoms. The van der Waals surface area contributed by atoms with Gasteiger partial charge in [-0.15, -0.1) is 0 Å². The highest BCUT2D eigenvalue weighted by atomic mass is 16.5. The SMILES string of the molecule is COC(C)CN1CC(C)(C)NCC1(C)c1ccccc1. The van der Waals surface area contributed by atoms with Gasteiger partial charge in [0.1, 0.15) is 0 Å². The fourth-order valence-electron chi connectivity index (χ4n) is 2.96. The maximum absolute atomic E-state index is 5.49. The first-order valence-corrected chi connectivity index (χ1v) is 7.46. The monoisotopic (exact) mass is 276 g/mol. The fourth-order valence-corrected chi connectivity index (χ4v) is 2.96. The zero-order valence-electron chi connectivity index (χ0n) is 13.4. The lowest BCUT2D eigenvalue weighted by Gasteiger charge is -2.52. The Morgan fingerprint density at radius 3 is 2.50 bits per heavy atom. The maximum Gasteiger partial charge on any atom is 0.0670 e. The number of nitrogens with zero attached hydrogens (tertiary/aromatic N) is 1. The van der Waals surface area contributed by atoms with E-state index in [2.05, 4.69) is 68.2 Å². The smallest absolute Gasteiger partial charge is 0.0670 e. The Hall–Kier alpha value is -0.900. The number of benzene rings is 1. The Morgan fingerprint density at radius 1 is 1.25 bits per heavy atom. The molecule has 3 heteroatoms. The average Bonchev–Trinajstić information content (AvgIpc) is 2.43. The van der Waals surface area contributed by atoms with Gasteiger partial charge >= 0.3 is 0 Å². The number of methoxy groups -OCH3 is 1. The average molecular weight is 276 g/mol. The molecule has 1 aromatic rings. The van der Waals surface area contributed by atoms with Crippen LogP contribution >= 0.6 is 0 Å². The first kappa shape index (κ1) is 15.5. The minimum Gasteiger partial charge on any atom is -0.380 e. The molecular weight excluding hydrogens is 248 g/mol. The zero-order valence-corrected chi connectivity index (χ0v) is 13.4.